The molecule has 0 saturated heterocycles. The fourth-order valence-corrected chi connectivity index (χ4v) is 0.874. The van der Waals surface area contributed by atoms with E-state index in [0.29, 0.717) is 5.92 Å². The van der Waals surface area contributed by atoms with Crippen LogP contribution in [0.5, 0.6) is 0 Å². The minimum atomic E-state index is -0.804. The van der Waals surface area contributed by atoms with Crippen LogP contribution in [-0.2, 0) is 4.79 Å². The van der Waals surface area contributed by atoms with Crippen LogP contribution in [0.3, 0.4) is 0 Å². The molecule has 3 heteroatoms. The molecule has 0 aromatic heterocycles. The van der Waals surface area contributed by atoms with Crippen LogP contribution in [0.4, 0.5) is 0 Å². The molecule has 0 heterocycles. The molecule has 0 aromatic rings. The molecule has 0 aliphatic heterocycles. The van der Waals surface area contributed by atoms with Gasteiger partial charge in [-0.3, -0.25) is 4.79 Å². The Bertz CT molecular complexity index is 123. The number of nitrogens with two attached hydrogens (primary N) is 1. The molecule has 0 radical (unpaired) electrons. The van der Waals surface area contributed by atoms with Gasteiger partial charge in [-0.15, -0.1) is 0 Å². The third-order valence-corrected chi connectivity index (χ3v) is 1.55. The predicted octanol–water partition coefficient (Wildman–Crippen LogP) is 1.22. The summed E-state index contributed by atoms with van der Waals surface area (Å²) in [6.45, 7) is 4.21. The fourth-order valence-electron chi connectivity index (χ4n) is 0.874. The smallest absolute Gasteiger partial charge is 0.304 e. The minimum Gasteiger partial charge on any atom is -0.481 e. The molecular weight excluding hydrogens is 142 g/mol. The third-order valence-electron chi connectivity index (χ3n) is 1.55. The van der Waals surface area contributed by atoms with Crippen molar-refractivity contribution in [2.24, 2.45) is 11.7 Å². The topological polar surface area (TPSA) is 63.3 Å². The molecule has 0 aliphatic rings. The Morgan fingerprint density at radius 3 is 2.36 bits per heavy atom. The van der Waals surface area contributed by atoms with Crippen molar-refractivity contribution in [3.8, 4) is 0 Å². The average molecular weight is 159 g/mol. The first kappa shape index (κ1) is 10.4. The Morgan fingerprint density at radius 1 is 1.45 bits per heavy atom. The van der Waals surface area contributed by atoms with Gasteiger partial charge in [0.25, 0.3) is 0 Å². The second kappa shape index (κ2) is 5.13. The quantitative estimate of drug-likeness (QED) is 0.634. The number of carboxylic acid groups (broad SMARTS) is 1. The summed E-state index contributed by atoms with van der Waals surface area (Å²) in [5, 5.41) is 8.37. The largest absolute Gasteiger partial charge is 0.481 e. The van der Waals surface area contributed by atoms with Crippen molar-refractivity contribution in [2.45, 2.75) is 39.2 Å². The van der Waals surface area contributed by atoms with Crippen molar-refractivity contribution in [1.29, 1.82) is 0 Å². The van der Waals surface area contributed by atoms with Crippen molar-refractivity contribution in [3.63, 3.8) is 0 Å². The van der Waals surface area contributed by atoms with Gasteiger partial charge in [-0.05, 0) is 18.8 Å². The maximum absolute atomic E-state index is 10.2. The van der Waals surface area contributed by atoms with Gasteiger partial charge in [0.2, 0.25) is 0 Å². The van der Waals surface area contributed by atoms with Gasteiger partial charge in [-0.25, -0.2) is 0 Å². The van der Waals surface area contributed by atoms with Crippen molar-refractivity contribution in [2.75, 3.05) is 0 Å². The summed E-state index contributed by atoms with van der Waals surface area (Å²) in [7, 11) is 0. The summed E-state index contributed by atoms with van der Waals surface area (Å²) in [5.41, 5.74) is 5.54. The van der Waals surface area contributed by atoms with Crippen LogP contribution in [0.2, 0.25) is 0 Å². The highest BCUT2D eigenvalue weighted by Gasteiger charge is 2.07. The predicted molar refractivity (Wildman–Crippen MR) is 44.3 cm³/mol. The molecule has 3 N–H and O–H groups in total. The fraction of sp³-hybridized carbons (Fsp3) is 0.875. The minimum absolute atomic E-state index is 0.0900. The van der Waals surface area contributed by atoms with Crippen molar-refractivity contribution in [1.82, 2.24) is 0 Å². The summed E-state index contributed by atoms with van der Waals surface area (Å²) in [6, 6.07) is -0.171. The van der Waals surface area contributed by atoms with Crippen LogP contribution >= 0.6 is 0 Å². The van der Waals surface area contributed by atoms with E-state index in [1.54, 1.807) is 0 Å². The van der Waals surface area contributed by atoms with Gasteiger partial charge in [-0.2, -0.15) is 0 Å². The van der Waals surface area contributed by atoms with Gasteiger partial charge in [0.1, 0.15) is 0 Å². The molecule has 66 valence electrons. The lowest BCUT2D eigenvalue weighted by molar-refractivity contribution is -0.137. The normalized spacial score (nSPS) is 13.5. The van der Waals surface area contributed by atoms with Gasteiger partial charge in [0, 0.05) is 6.04 Å². The number of hydrogen-bond acceptors (Lipinski definition) is 2. The first-order chi connectivity index (χ1) is 5.02. The van der Waals surface area contributed by atoms with Gasteiger partial charge in [-0.1, -0.05) is 13.8 Å². The molecule has 0 saturated carbocycles. The lowest BCUT2D eigenvalue weighted by Gasteiger charge is -2.09. The van der Waals surface area contributed by atoms with E-state index in [1.165, 1.54) is 0 Å². The molecule has 0 bridgehead atoms. The first-order valence-electron chi connectivity index (χ1n) is 3.99. The van der Waals surface area contributed by atoms with Crippen LogP contribution < -0.4 is 5.73 Å². The Morgan fingerprint density at radius 2 is 2.00 bits per heavy atom. The van der Waals surface area contributed by atoms with Gasteiger partial charge in [0.05, 0.1) is 6.42 Å². The highest BCUT2D eigenvalue weighted by molar-refractivity contribution is 5.67. The van der Waals surface area contributed by atoms with Crippen LogP contribution in [0.15, 0.2) is 0 Å². The SMILES string of the molecule is CC(C)CCC(N)CC(=O)O. The van der Waals surface area contributed by atoms with E-state index in [-0.39, 0.29) is 12.5 Å². The summed E-state index contributed by atoms with van der Waals surface area (Å²) in [6.07, 6.45) is 1.91. The Kier molecular flexibility index (Phi) is 4.86. The maximum Gasteiger partial charge on any atom is 0.304 e. The highest BCUT2D eigenvalue weighted by Crippen LogP contribution is 2.07. The van der Waals surface area contributed by atoms with Crippen LogP contribution in [0.25, 0.3) is 0 Å². The second-order valence-electron chi connectivity index (χ2n) is 3.33. The van der Waals surface area contributed by atoms with E-state index < -0.39 is 5.97 Å². The number of hydrogen-bond donors (Lipinski definition) is 2. The molecule has 0 fully saturated rings. The molecule has 1 unspecified atom stereocenters. The molecule has 11 heavy (non-hydrogen) atoms. The van der Waals surface area contributed by atoms with Crippen molar-refractivity contribution in [3.05, 3.63) is 0 Å². The summed E-state index contributed by atoms with van der Waals surface area (Å²) in [4.78, 5) is 10.2. The van der Waals surface area contributed by atoms with E-state index in [0.717, 1.165) is 12.8 Å². The van der Waals surface area contributed by atoms with E-state index in [1.807, 2.05) is 0 Å². The summed E-state index contributed by atoms with van der Waals surface area (Å²) in [5.74, 6) is -0.198. The van der Waals surface area contributed by atoms with Crippen LogP contribution in [0.1, 0.15) is 33.1 Å². The number of carboxylic acids is 1. The van der Waals surface area contributed by atoms with Crippen LogP contribution in [0, 0.1) is 5.92 Å². The molecule has 0 aliphatic carbocycles. The Hall–Kier alpha value is -0.570. The third kappa shape index (κ3) is 7.33. The van der Waals surface area contributed by atoms with Gasteiger partial charge >= 0.3 is 5.97 Å². The van der Waals surface area contributed by atoms with Crippen molar-refractivity contribution < 1.29 is 9.90 Å². The zero-order valence-corrected chi connectivity index (χ0v) is 7.21. The van der Waals surface area contributed by atoms with E-state index in [9.17, 15) is 4.79 Å². The highest BCUT2D eigenvalue weighted by atomic mass is 16.4. The molecule has 0 spiro atoms. The second-order valence-corrected chi connectivity index (χ2v) is 3.33. The molecule has 0 rings (SSSR count). The zero-order valence-electron chi connectivity index (χ0n) is 7.21. The zero-order chi connectivity index (χ0) is 8.85. The summed E-state index contributed by atoms with van der Waals surface area (Å²) < 4.78 is 0. The lowest BCUT2D eigenvalue weighted by atomic mass is 10.0. The average Bonchev–Trinajstić information content (AvgIpc) is 1.82. The molecular formula is C8H17NO2. The number of rotatable bonds is 5. The van der Waals surface area contributed by atoms with Gasteiger partial charge in [0.15, 0.2) is 0 Å². The Balaban J connectivity index is 3.37. The number of aliphatic carboxylic acids is 1. The lowest BCUT2D eigenvalue weighted by Crippen LogP contribution is -2.23. The first-order valence-corrected chi connectivity index (χ1v) is 3.99. The standard InChI is InChI=1S/C8H17NO2/c1-6(2)3-4-7(9)5-8(10)11/h6-7H,3-5,9H2,1-2H3,(H,10,11). The summed E-state index contributed by atoms with van der Waals surface area (Å²) >= 11 is 0. The van der Waals surface area contributed by atoms with Crippen molar-refractivity contribution >= 4 is 5.97 Å². The monoisotopic (exact) mass is 159 g/mol. The van der Waals surface area contributed by atoms with E-state index in [2.05, 4.69) is 13.8 Å². The van der Waals surface area contributed by atoms with E-state index in [4.69, 9.17) is 10.8 Å². The Labute approximate surface area is 67.6 Å². The molecule has 3 nitrogen and oxygen atoms in total. The van der Waals surface area contributed by atoms with Crippen LogP contribution in [-0.4, -0.2) is 17.1 Å². The maximum atomic E-state index is 10.2. The molecule has 0 aromatic carbocycles. The molecule has 0 amide bonds. The van der Waals surface area contributed by atoms with E-state index >= 15 is 0 Å². The molecule has 1 atom stereocenters. The number of carbonyl (C=O) groups is 1. The van der Waals surface area contributed by atoms with Gasteiger partial charge < -0.3 is 10.8 Å².